The number of halogens is 9. The van der Waals surface area contributed by atoms with E-state index in [1.54, 1.807) is 0 Å². The van der Waals surface area contributed by atoms with E-state index in [-0.39, 0.29) is 12.5 Å². The van der Waals surface area contributed by atoms with Crippen molar-refractivity contribution >= 4 is 0 Å². The molecule has 11 heteroatoms. The summed E-state index contributed by atoms with van der Waals surface area (Å²) in [6, 6.07) is 0. The van der Waals surface area contributed by atoms with Crippen LogP contribution in [0.25, 0.3) is 0 Å². The molecule has 2 nitrogen and oxygen atoms in total. The van der Waals surface area contributed by atoms with Crippen LogP contribution in [-0.4, -0.2) is 49.9 Å². The molecule has 1 rings (SSSR count). The second-order valence-corrected chi connectivity index (χ2v) is 6.55. The second-order valence-electron chi connectivity index (χ2n) is 6.55. The summed E-state index contributed by atoms with van der Waals surface area (Å²) in [6.45, 7) is 1.50. The molecule has 0 bridgehead atoms. The molecular weight excluding hydrogens is 395 g/mol. The topological polar surface area (TPSA) is 18.5 Å². The van der Waals surface area contributed by atoms with Crippen LogP contribution in [0.5, 0.6) is 0 Å². The zero-order valence-electron chi connectivity index (χ0n) is 14.6. The molecule has 1 aliphatic rings. The lowest BCUT2D eigenvalue weighted by Gasteiger charge is -2.33. The van der Waals surface area contributed by atoms with E-state index in [2.05, 4.69) is 0 Å². The van der Waals surface area contributed by atoms with Crippen molar-refractivity contribution in [2.75, 3.05) is 19.8 Å². The van der Waals surface area contributed by atoms with Gasteiger partial charge in [0.2, 0.25) is 0 Å². The number of hydrogen-bond donors (Lipinski definition) is 0. The maximum absolute atomic E-state index is 13.3. The average Bonchev–Trinajstić information content (AvgIpc) is 3.05. The molecule has 0 spiro atoms. The van der Waals surface area contributed by atoms with E-state index in [0.717, 1.165) is 25.9 Å². The molecule has 1 saturated heterocycles. The molecule has 1 fully saturated rings. The van der Waals surface area contributed by atoms with Crippen LogP contribution in [0.15, 0.2) is 0 Å². The molecule has 0 radical (unpaired) electrons. The van der Waals surface area contributed by atoms with Crippen LogP contribution in [0.3, 0.4) is 0 Å². The zero-order valence-corrected chi connectivity index (χ0v) is 14.6. The Hall–Kier alpha value is -0.710. The summed E-state index contributed by atoms with van der Waals surface area (Å²) in [4.78, 5) is 0. The molecule has 0 aromatic rings. The van der Waals surface area contributed by atoms with Crippen LogP contribution in [0.2, 0.25) is 0 Å². The van der Waals surface area contributed by atoms with Crippen molar-refractivity contribution in [2.45, 2.75) is 81.4 Å². The predicted molar refractivity (Wildman–Crippen MR) is 78.4 cm³/mol. The first-order valence-corrected chi connectivity index (χ1v) is 8.72. The van der Waals surface area contributed by atoms with Crippen LogP contribution in [-0.2, 0) is 9.47 Å². The Labute approximate surface area is 151 Å². The first kappa shape index (κ1) is 24.3. The van der Waals surface area contributed by atoms with Crippen LogP contribution < -0.4 is 0 Å². The van der Waals surface area contributed by atoms with E-state index in [1.807, 2.05) is 0 Å². The van der Waals surface area contributed by atoms with Gasteiger partial charge < -0.3 is 9.47 Å². The minimum absolute atomic E-state index is 0.0155. The van der Waals surface area contributed by atoms with Crippen LogP contribution >= 0.6 is 0 Å². The first-order valence-electron chi connectivity index (χ1n) is 8.72. The molecule has 1 aliphatic heterocycles. The van der Waals surface area contributed by atoms with Gasteiger partial charge in [-0.05, 0) is 32.1 Å². The van der Waals surface area contributed by atoms with E-state index in [0.29, 0.717) is 26.1 Å². The van der Waals surface area contributed by atoms with Gasteiger partial charge in [0.05, 0.1) is 6.10 Å². The highest BCUT2D eigenvalue weighted by molar-refractivity contribution is 5.00. The van der Waals surface area contributed by atoms with Crippen molar-refractivity contribution in [2.24, 2.45) is 0 Å². The Morgan fingerprint density at radius 3 is 1.96 bits per heavy atom. The monoisotopic (exact) mass is 418 g/mol. The minimum atomic E-state index is -6.81. The van der Waals surface area contributed by atoms with Crippen molar-refractivity contribution in [3.05, 3.63) is 0 Å². The summed E-state index contributed by atoms with van der Waals surface area (Å²) in [5.41, 5.74) is 0. The Kier molecular flexibility index (Phi) is 8.71. The van der Waals surface area contributed by atoms with Crippen LogP contribution in [0.1, 0.15) is 51.4 Å². The summed E-state index contributed by atoms with van der Waals surface area (Å²) < 4.78 is 125. The third-order valence-electron chi connectivity index (χ3n) is 4.35. The van der Waals surface area contributed by atoms with Gasteiger partial charge in [-0.1, -0.05) is 12.8 Å². The fraction of sp³-hybridized carbons (Fsp3) is 1.00. The van der Waals surface area contributed by atoms with Gasteiger partial charge in [0, 0.05) is 26.2 Å². The smallest absolute Gasteiger partial charge is 0.381 e. The van der Waals surface area contributed by atoms with Gasteiger partial charge in [-0.2, -0.15) is 39.5 Å². The van der Waals surface area contributed by atoms with Gasteiger partial charge in [0.1, 0.15) is 0 Å². The van der Waals surface area contributed by atoms with E-state index in [4.69, 9.17) is 9.47 Å². The molecule has 0 N–H and O–H groups in total. The molecule has 0 amide bonds. The summed E-state index contributed by atoms with van der Waals surface area (Å²) in [5.74, 6) is -18.8. The highest BCUT2D eigenvalue weighted by Crippen LogP contribution is 2.54. The van der Waals surface area contributed by atoms with Crippen LogP contribution in [0.4, 0.5) is 39.5 Å². The van der Waals surface area contributed by atoms with Crippen LogP contribution in [0, 0.1) is 0 Å². The fourth-order valence-corrected chi connectivity index (χ4v) is 2.66. The molecule has 1 heterocycles. The fourth-order valence-electron chi connectivity index (χ4n) is 2.66. The predicted octanol–water partition coefficient (Wildman–Crippen LogP) is 5.99. The normalized spacial score (nSPS) is 19.7. The third-order valence-corrected chi connectivity index (χ3v) is 4.35. The summed E-state index contributed by atoms with van der Waals surface area (Å²) >= 11 is 0. The number of unbranched alkanes of at least 4 members (excludes halogenated alkanes) is 3. The summed E-state index contributed by atoms with van der Waals surface area (Å²) in [7, 11) is 0. The van der Waals surface area contributed by atoms with Gasteiger partial charge in [-0.15, -0.1) is 0 Å². The SMILES string of the molecule is FC(F)(F)C(F)(F)C(F)(F)C(F)(F)CCCCCCOCCC1CCCO1. The summed E-state index contributed by atoms with van der Waals surface area (Å²) in [5, 5.41) is 0. The molecular formula is C16H23F9O2. The molecule has 0 aromatic heterocycles. The van der Waals surface area contributed by atoms with E-state index in [9.17, 15) is 39.5 Å². The average molecular weight is 418 g/mol. The summed E-state index contributed by atoms with van der Waals surface area (Å²) in [6.07, 6.45) is -5.53. The molecule has 162 valence electrons. The second kappa shape index (κ2) is 9.67. The maximum Gasteiger partial charge on any atom is 0.460 e. The molecule has 0 saturated carbocycles. The van der Waals surface area contributed by atoms with Crippen molar-refractivity contribution < 1.29 is 49.0 Å². The third kappa shape index (κ3) is 6.40. The number of rotatable bonds is 12. The lowest BCUT2D eigenvalue weighted by Crippen LogP contribution is -2.60. The molecule has 0 aliphatic carbocycles. The molecule has 1 atom stereocenters. The maximum atomic E-state index is 13.3. The van der Waals surface area contributed by atoms with Crippen molar-refractivity contribution in [1.29, 1.82) is 0 Å². The van der Waals surface area contributed by atoms with Crippen molar-refractivity contribution in [3.63, 3.8) is 0 Å². The largest absolute Gasteiger partial charge is 0.460 e. The quantitative estimate of drug-likeness (QED) is 0.286. The van der Waals surface area contributed by atoms with Crippen molar-refractivity contribution in [3.8, 4) is 0 Å². The molecule has 0 aromatic carbocycles. The first-order chi connectivity index (χ1) is 12.3. The highest BCUT2D eigenvalue weighted by atomic mass is 19.4. The van der Waals surface area contributed by atoms with Crippen molar-refractivity contribution in [1.82, 2.24) is 0 Å². The lowest BCUT2D eigenvalue weighted by molar-refractivity contribution is -0.396. The molecule has 27 heavy (non-hydrogen) atoms. The van der Waals surface area contributed by atoms with Gasteiger partial charge in [-0.25, -0.2) is 0 Å². The lowest BCUT2D eigenvalue weighted by atomic mass is 9.98. The molecule has 1 unspecified atom stereocenters. The Morgan fingerprint density at radius 1 is 0.778 bits per heavy atom. The number of alkyl halides is 9. The number of ether oxygens (including phenoxy) is 2. The van der Waals surface area contributed by atoms with E-state index >= 15 is 0 Å². The minimum Gasteiger partial charge on any atom is -0.381 e. The van der Waals surface area contributed by atoms with Gasteiger partial charge in [0.25, 0.3) is 0 Å². The highest BCUT2D eigenvalue weighted by Gasteiger charge is 2.81. The zero-order chi connectivity index (χ0) is 20.8. The van der Waals surface area contributed by atoms with E-state index < -0.39 is 36.8 Å². The standard InChI is InChI=1S/C16H23F9O2/c17-13(18,14(19,20)15(21,22)16(23,24)25)8-3-1-2-4-9-26-11-7-12-6-5-10-27-12/h12H,1-11H2. The van der Waals surface area contributed by atoms with E-state index in [1.165, 1.54) is 0 Å². The Balaban J connectivity index is 2.21. The Morgan fingerprint density at radius 2 is 1.41 bits per heavy atom. The van der Waals surface area contributed by atoms with Gasteiger partial charge in [0.15, 0.2) is 0 Å². The number of hydrogen-bond acceptors (Lipinski definition) is 2. The van der Waals surface area contributed by atoms with Gasteiger partial charge in [-0.3, -0.25) is 0 Å². The van der Waals surface area contributed by atoms with Gasteiger partial charge >= 0.3 is 23.9 Å². The Bertz CT molecular complexity index is 432.